The van der Waals surface area contributed by atoms with E-state index in [4.69, 9.17) is 0 Å². The summed E-state index contributed by atoms with van der Waals surface area (Å²) in [5, 5.41) is 0. The smallest absolute Gasteiger partial charge is 0.227 e. The fourth-order valence-corrected chi connectivity index (χ4v) is 4.65. The average molecular weight is 432 g/mol. The van der Waals surface area contributed by atoms with Crippen LogP contribution in [0.3, 0.4) is 0 Å². The van der Waals surface area contributed by atoms with E-state index in [1.54, 1.807) is 6.20 Å². The molecular formula is C26H33N5O. The first-order valence-corrected chi connectivity index (χ1v) is 11.7. The summed E-state index contributed by atoms with van der Waals surface area (Å²) in [7, 11) is 0. The molecule has 0 radical (unpaired) electrons. The molecule has 1 aliphatic heterocycles. The number of amides is 1. The molecule has 168 valence electrons. The largest absolute Gasteiger partial charge is 0.341 e. The van der Waals surface area contributed by atoms with Crippen molar-refractivity contribution in [1.29, 1.82) is 0 Å². The molecule has 6 heteroatoms. The van der Waals surface area contributed by atoms with E-state index in [1.165, 1.54) is 5.56 Å². The number of aryl methyl sites for hydroxylation is 1. The number of hydrogen-bond acceptors (Lipinski definition) is 4. The van der Waals surface area contributed by atoms with Crippen molar-refractivity contribution in [1.82, 2.24) is 24.3 Å². The van der Waals surface area contributed by atoms with Crippen LogP contribution in [0.4, 0.5) is 0 Å². The normalized spacial score (nSPS) is 17.5. The molecule has 1 aromatic carbocycles. The first-order chi connectivity index (χ1) is 15.7. The Kier molecular flexibility index (Phi) is 7.32. The zero-order valence-corrected chi connectivity index (χ0v) is 19.2. The standard InChI is InChI=1S/C26H33N5O/c1-3-13-31-16-15-29(20-25-28-12-14-30(25)4-2)19-23(26(31)32)17-21-8-5-6-10-24(21)22-9-7-11-27-18-22/h5-12,14,18,23H,3-4,13,15-17,19-20H2,1-2H3. The molecule has 4 rings (SSSR count). The quantitative estimate of drug-likeness (QED) is 0.543. The molecule has 1 saturated heterocycles. The lowest BCUT2D eigenvalue weighted by molar-refractivity contribution is -0.134. The number of imidazole rings is 1. The van der Waals surface area contributed by atoms with Crippen LogP contribution in [0, 0.1) is 5.92 Å². The van der Waals surface area contributed by atoms with E-state index < -0.39 is 0 Å². The van der Waals surface area contributed by atoms with E-state index in [0.717, 1.165) is 69.1 Å². The molecule has 1 fully saturated rings. The lowest BCUT2D eigenvalue weighted by atomic mass is 9.91. The highest BCUT2D eigenvalue weighted by Gasteiger charge is 2.31. The molecule has 6 nitrogen and oxygen atoms in total. The van der Waals surface area contributed by atoms with Crippen LogP contribution in [-0.2, 0) is 24.3 Å². The number of carbonyl (C=O) groups excluding carboxylic acids is 1. The zero-order chi connectivity index (χ0) is 22.3. The van der Waals surface area contributed by atoms with Gasteiger partial charge in [-0.15, -0.1) is 0 Å². The molecule has 1 amide bonds. The molecular weight excluding hydrogens is 398 g/mol. The maximum atomic E-state index is 13.5. The third-order valence-corrected chi connectivity index (χ3v) is 6.28. The minimum Gasteiger partial charge on any atom is -0.341 e. The lowest BCUT2D eigenvalue weighted by Gasteiger charge is -2.24. The highest BCUT2D eigenvalue weighted by molar-refractivity contribution is 5.80. The molecule has 0 bridgehead atoms. The summed E-state index contributed by atoms with van der Waals surface area (Å²) < 4.78 is 2.18. The summed E-state index contributed by atoms with van der Waals surface area (Å²) in [6.45, 7) is 9.18. The van der Waals surface area contributed by atoms with Crippen molar-refractivity contribution in [3.8, 4) is 11.1 Å². The van der Waals surface area contributed by atoms with E-state index in [9.17, 15) is 4.79 Å². The molecule has 3 aromatic rings. The molecule has 2 aromatic heterocycles. The molecule has 1 atom stereocenters. The predicted molar refractivity (Wildman–Crippen MR) is 127 cm³/mol. The molecule has 0 N–H and O–H groups in total. The summed E-state index contributed by atoms with van der Waals surface area (Å²) in [6.07, 6.45) is 9.29. The number of rotatable bonds is 8. The Hall–Kier alpha value is -2.99. The zero-order valence-electron chi connectivity index (χ0n) is 19.2. The molecule has 0 aliphatic carbocycles. The van der Waals surface area contributed by atoms with E-state index in [0.29, 0.717) is 0 Å². The van der Waals surface area contributed by atoms with Crippen molar-refractivity contribution >= 4 is 5.91 Å². The number of nitrogens with zero attached hydrogens (tertiary/aromatic N) is 5. The van der Waals surface area contributed by atoms with Crippen LogP contribution in [0.2, 0.25) is 0 Å². The van der Waals surface area contributed by atoms with E-state index in [-0.39, 0.29) is 11.8 Å². The van der Waals surface area contributed by atoms with Crippen molar-refractivity contribution < 1.29 is 4.79 Å². The van der Waals surface area contributed by atoms with Gasteiger partial charge in [0.1, 0.15) is 5.82 Å². The fourth-order valence-electron chi connectivity index (χ4n) is 4.65. The number of hydrogen-bond donors (Lipinski definition) is 0. The van der Waals surface area contributed by atoms with Crippen LogP contribution in [0.1, 0.15) is 31.7 Å². The van der Waals surface area contributed by atoms with Crippen LogP contribution in [0.5, 0.6) is 0 Å². The Morgan fingerprint density at radius 1 is 1.06 bits per heavy atom. The van der Waals surface area contributed by atoms with Crippen LogP contribution in [0.15, 0.2) is 61.2 Å². The Bertz CT molecular complexity index is 1020. The maximum absolute atomic E-state index is 13.5. The molecule has 1 aliphatic rings. The summed E-state index contributed by atoms with van der Waals surface area (Å²) in [6, 6.07) is 12.5. The van der Waals surface area contributed by atoms with Gasteiger partial charge in [0.25, 0.3) is 0 Å². The van der Waals surface area contributed by atoms with Crippen molar-refractivity contribution in [3.05, 3.63) is 72.6 Å². The number of aromatic nitrogens is 3. The Morgan fingerprint density at radius 3 is 2.72 bits per heavy atom. The van der Waals surface area contributed by atoms with Gasteiger partial charge in [0.05, 0.1) is 12.5 Å². The van der Waals surface area contributed by atoms with Crippen molar-refractivity contribution in [2.24, 2.45) is 5.92 Å². The van der Waals surface area contributed by atoms with Gasteiger partial charge in [-0.2, -0.15) is 0 Å². The van der Waals surface area contributed by atoms with Gasteiger partial charge < -0.3 is 9.47 Å². The van der Waals surface area contributed by atoms with Crippen LogP contribution in [-0.4, -0.2) is 56.4 Å². The van der Waals surface area contributed by atoms with Gasteiger partial charge >= 0.3 is 0 Å². The lowest BCUT2D eigenvalue weighted by Crippen LogP contribution is -2.38. The van der Waals surface area contributed by atoms with Crippen LogP contribution >= 0.6 is 0 Å². The maximum Gasteiger partial charge on any atom is 0.227 e. The van der Waals surface area contributed by atoms with Crippen molar-refractivity contribution in [3.63, 3.8) is 0 Å². The fraction of sp³-hybridized carbons (Fsp3) is 0.423. The van der Waals surface area contributed by atoms with E-state index >= 15 is 0 Å². The van der Waals surface area contributed by atoms with Gasteiger partial charge in [0, 0.05) is 63.1 Å². The molecule has 0 spiro atoms. The molecule has 32 heavy (non-hydrogen) atoms. The summed E-state index contributed by atoms with van der Waals surface area (Å²) in [5.74, 6) is 1.26. The molecule has 1 unspecified atom stereocenters. The topological polar surface area (TPSA) is 54.3 Å². The SMILES string of the molecule is CCCN1CCN(Cc2nccn2CC)CC(Cc2ccccc2-c2cccnc2)C1=O. The van der Waals surface area contributed by atoms with Gasteiger partial charge in [-0.1, -0.05) is 37.3 Å². The average Bonchev–Trinajstić information content (AvgIpc) is 3.23. The van der Waals surface area contributed by atoms with Crippen LogP contribution < -0.4 is 0 Å². The summed E-state index contributed by atoms with van der Waals surface area (Å²) in [4.78, 5) is 26.8. The highest BCUT2D eigenvalue weighted by atomic mass is 16.2. The first-order valence-electron chi connectivity index (χ1n) is 11.7. The van der Waals surface area contributed by atoms with Gasteiger partial charge in [0.2, 0.25) is 5.91 Å². The van der Waals surface area contributed by atoms with E-state index in [2.05, 4.69) is 68.5 Å². The minimum atomic E-state index is -0.0769. The summed E-state index contributed by atoms with van der Waals surface area (Å²) in [5.41, 5.74) is 3.45. The monoisotopic (exact) mass is 431 g/mol. The predicted octanol–water partition coefficient (Wildman–Crippen LogP) is 3.88. The summed E-state index contributed by atoms with van der Waals surface area (Å²) >= 11 is 0. The van der Waals surface area contributed by atoms with E-state index in [1.807, 2.05) is 24.7 Å². The first kappa shape index (κ1) is 22.2. The Labute approximate surface area is 190 Å². The van der Waals surface area contributed by atoms with Crippen LogP contribution in [0.25, 0.3) is 11.1 Å². The third kappa shape index (κ3) is 5.07. The highest BCUT2D eigenvalue weighted by Crippen LogP contribution is 2.27. The number of benzene rings is 1. The second-order valence-corrected chi connectivity index (χ2v) is 8.49. The van der Waals surface area contributed by atoms with Gasteiger partial charge in [0.15, 0.2) is 0 Å². The van der Waals surface area contributed by atoms with Crippen molar-refractivity contribution in [2.45, 2.75) is 39.8 Å². The minimum absolute atomic E-state index is 0.0769. The number of pyridine rings is 1. The second kappa shape index (κ2) is 10.6. The number of carbonyl (C=O) groups is 1. The van der Waals surface area contributed by atoms with Gasteiger partial charge in [-0.05, 0) is 37.0 Å². The molecule has 3 heterocycles. The molecule has 0 saturated carbocycles. The van der Waals surface area contributed by atoms with Gasteiger partial charge in [-0.25, -0.2) is 4.98 Å². The third-order valence-electron chi connectivity index (χ3n) is 6.28. The second-order valence-electron chi connectivity index (χ2n) is 8.49. The van der Waals surface area contributed by atoms with Crippen molar-refractivity contribution in [2.75, 3.05) is 26.2 Å². The van der Waals surface area contributed by atoms with Gasteiger partial charge in [-0.3, -0.25) is 14.7 Å². The Balaban J connectivity index is 1.59. The Morgan fingerprint density at radius 2 is 1.94 bits per heavy atom.